The highest BCUT2D eigenvalue weighted by Crippen LogP contribution is 2.15. The fourth-order valence-electron chi connectivity index (χ4n) is 1.78. The van der Waals surface area contributed by atoms with Crippen LogP contribution in [-0.4, -0.2) is 29.9 Å². The van der Waals surface area contributed by atoms with Crippen molar-refractivity contribution in [2.24, 2.45) is 0 Å². The lowest BCUT2D eigenvalue weighted by atomic mass is 10.1. The Kier molecular flexibility index (Phi) is 4.74. The number of aromatic nitrogens is 1. The van der Waals surface area contributed by atoms with Gasteiger partial charge in [0.1, 0.15) is 0 Å². The van der Waals surface area contributed by atoms with Crippen LogP contribution in [0.3, 0.4) is 0 Å². The highest BCUT2D eigenvalue weighted by Gasteiger charge is 2.07. The maximum absolute atomic E-state index is 11.9. The lowest BCUT2D eigenvalue weighted by Gasteiger charge is -2.12. The minimum atomic E-state index is -0.00206. The number of pyridine rings is 1. The molecule has 1 heterocycles. The van der Waals surface area contributed by atoms with Gasteiger partial charge in [0.15, 0.2) is 0 Å². The second-order valence-corrected chi connectivity index (χ2v) is 5.56. The molecule has 0 atom stereocenters. The lowest BCUT2D eigenvalue weighted by Crippen LogP contribution is -2.21. The summed E-state index contributed by atoms with van der Waals surface area (Å²) in [6, 6.07) is 9.49. The smallest absolute Gasteiger partial charge is 0.253 e. The quantitative estimate of drug-likeness (QED) is 0.934. The van der Waals surface area contributed by atoms with Crippen LogP contribution in [0.1, 0.15) is 15.9 Å². The van der Waals surface area contributed by atoms with Crippen LogP contribution in [0.25, 0.3) is 0 Å². The maximum atomic E-state index is 11.9. The number of benzene rings is 1. The predicted molar refractivity (Wildman–Crippen MR) is 83.7 cm³/mol. The Labute approximate surface area is 127 Å². The van der Waals surface area contributed by atoms with Crippen LogP contribution in [0.5, 0.6) is 0 Å². The summed E-state index contributed by atoms with van der Waals surface area (Å²) in [5, 5.41) is 3.29. The standard InChI is InChI=1S/C15H16BrN3O/c1-19(2)15(20)12-4-3-5-14(7-12)18-9-11-6-13(16)10-17-8-11/h3-8,10,18H,9H2,1-2H3. The Morgan fingerprint density at radius 2 is 2.10 bits per heavy atom. The molecule has 1 N–H and O–H groups in total. The van der Waals surface area contributed by atoms with Gasteiger partial charge in [0, 0.05) is 48.8 Å². The monoisotopic (exact) mass is 333 g/mol. The summed E-state index contributed by atoms with van der Waals surface area (Å²) in [5.41, 5.74) is 2.66. The Morgan fingerprint density at radius 1 is 1.30 bits per heavy atom. The van der Waals surface area contributed by atoms with Crippen molar-refractivity contribution < 1.29 is 4.79 Å². The largest absolute Gasteiger partial charge is 0.381 e. The first kappa shape index (κ1) is 14.5. The molecule has 20 heavy (non-hydrogen) atoms. The van der Waals surface area contributed by atoms with Gasteiger partial charge in [0.2, 0.25) is 0 Å². The van der Waals surface area contributed by atoms with Gasteiger partial charge in [-0.05, 0) is 45.8 Å². The molecule has 0 radical (unpaired) electrons. The predicted octanol–water partition coefficient (Wildman–Crippen LogP) is 3.16. The summed E-state index contributed by atoms with van der Waals surface area (Å²) >= 11 is 3.39. The zero-order valence-electron chi connectivity index (χ0n) is 11.4. The van der Waals surface area contributed by atoms with E-state index in [0.717, 1.165) is 15.7 Å². The van der Waals surface area contributed by atoms with Crippen LogP contribution in [0, 0.1) is 0 Å². The molecule has 1 amide bonds. The van der Waals surface area contributed by atoms with Gasteiger partial charge in [0.05, 0.1) is 0 Å². The average molecular weight is 334 g/mol. The molecule has 2 aromatic rings. The fraction of sp³-hybridized carbons (Fsp3) is 0.200. The van der Waals surface area contributed by atoms with E-state index < -0.39 is 0 Å². The Bertz CT molecular complexity index is 614. The van der Waals surface area contributed by atoms with Crippen molar-refractivity contribution in [3.8, 4) is 0 Å². The van der Waals surface area contributed by atoms with E-state index in [1.54, 1.807) is 25.2 Å². The Balaban J connectivity index is 2.07. The van der Waals surface area contributed by atoms with Crippen molar-refractivity contribution in [1.82, 2.24) is 9.88 Å². The fourth-order valence-corrected chi connectivity index (χ4v) is 2.19. The van der Waals surface area contributed by atoms with Crippen LogP contribution >= 0.6 is 15.9 Å². The summed E-state index contributed by atoms with van der Waals surface area (Å²) in [4.78, 5) is 17.6. The number of rotatable bonds is 4. The number of hydrogen-bond acceptors (Lipinski definition) is 3. The van der Waals surface area contributed by atoms with Crippen molar-refractivity contribution >= 4 is 27.5 Å². The van der Waals surface area contributed by atoms with Gasteiger partial charge in [-0.3, -0.25) is 9.78 Å². The normalized spacial score (nSPS) is 10.2. The molecule has 0 saturated carbocycles. The first-order valence-electron chi connectivity index (χ1n) is 6.21. The molecule has 0 aliphatic rings. The van der Waals surface area contributed by atoms with Crippen LogP contribution in [-0.2, 0) is 6.54 Å². The number of amides is 1. The second-order valence-electron chi connectivity index (χ2n) is 4.65. The van der Waals surface area contributed by atoms with Gasteiger partial charge in [-0.1, -0.05) is 6.07 Å². The molecule has 0 fully saturated rings. The summed E-state index contributed by atoms with van der Waals surface area (Å²) in [6.45, 7) is 0.659. The van der Waals surface area contributed by atoms with E-state index in [1.165, 1.54) is 0 Å². The number of halogens is 1. The SMILES string of the molecule is CN(C)C(=O)c1cccc(NCc2cncc(Br)c2)c1. The summed E-state index contributed by atoms with van der Waals surface area (Å²) < 4.78 is 0.952. The van der Waals surface area contributed by atoms with Gasteiger partial charge < -0.3 is 10.2 Å². The third-order valence-corrected chi connectivity index (χ3v) is 3.21. The van der Waals surface area contributed by atoms with Gasteiger partial charge in [-0.2, -0.15) is 0 Å². The van der Waals surface area contributed by atoms with Crippen molar-refractivity contribution in [3.05, 3.63) is 58.3 Å². The average Bonchev–Trinajstić information content (AvgIpc) is 2.44. The van der Waals surface area contributed by atoms with Crippen molar-refractivity contribution in [2.75, 3.05) is 19.4 Å². The topological polar surface area (TPSA) is 45.2 Å². The summed E-state index contributed by atoms with van der Waals surface area (Å²) in [7, 11) is 3.49. The Morgan fingerprint density at radius 3 is 2.80 bits per heavy atom. The first-order chi connectivity index (χ1) is 9.56. The molecule has 5 heteroatoms. The molecule has 4 nitrogen and oxygen atoms in total. The molecule has 0 aliphatic carbocycles. The van der Waals surface area contributed by atoms with E-state index in [9.17, 15) is 4.79 Å². The zero-order valence-corrected chi connectivity index (χ0v) is 13.0. The highest BCUT2D eigenvalue weighted by molar-refractivity contribution is 9.10. The van der Waals surface area contributed by atoms with Gasteiger partial charge in [0.25, 0.3) is 5.91 Å². The number of nitrogens with one attached hydrogen (secondary N) is 1. The third kappa shape index (κ3) is 3.81. The molecule has 1 aromatic heterocycles. The van der Waals surface area contributed by atoms with Crippen LogP contribution in [0.4, 0.5) is 5.69 Å². The molecule has 0 bridgehead atoms. The molecule has 0 unspecified atom stereocenters. The zero-order chi connectivity index (χ0) is 14.5. The second kappa shape index (κ2) is 6.52. The minimum absolute atomic E-state index is 0.00206. The molecule has 0 spiro atoms. The molecule has 1 aromatic carbocycles. The van der Waals surface area contributed by atoms with Crippen LogP contribution in [0.2, 0.25) is 0 Å². The maximum Gasteiger partial charge on any atom is 0.253 e. The van der Waals surface area contributed by atoms with Crippen LogP contribution in [0.15, 0.2) is 47.2 Å². The van der Waals surface area contributed by atoms with E-state index in [-0.39, 0.29) is 5.91 Å². The van der Waals surface area contributed by atoms with E-state index in [2.05, 4.69) is 26.2 Å². The van der Waals surface area contributed by atoms with Crippen molar-refractivity contribution in [1.29, 1.82) is 0 Å². The van der Waals surface area contributed by atoms with E-state index >= 15 is 0 Å². The van der Waals surface area contributed by atoms with Gasteiger partial charge >= 0.3 is 0 Å². The summed E-state index contributed by atoms with van der Waals surface area (Å²) in [5.74, 6) is -0.00206. The third-order valence-electron chi connectivity index (χ3n) is 2.77. The molecular formula is C15H16BrN3O. The van der Waals surface area contributed by atoms with E-state index in [1.807, 2.05) is 36.5 Å². The van der Waals surface area contributed by atoms with Crippen molar-refractivity contribution in [2.45, 2.75) is 6.54 Å². The molecule has 0 aliphatic heterocycles. The molecule has 104 valence electrons. The number of anilines is 1. The molecule has 2 rings (SSSR count). The number of carbonyl (C=O) groups is 1. The van der Waals surface area contributed by atoms with Crippen LogP contribution < -0.4 is 5.32 Å². The first-order valence-corrected chi connectivity index (χ1v) is 7.00. The number of nitrogens with zero attached hydrogens (tertiary/aromatic N) is 2. The van der Waals surface area contributed by atoms with Gasteiger partial charge in [-0.25, -0.2) is 0 Å². The Hall–Kier alpha value is -1.88. The van der Waals surface area contributed by atoms with Crippen molar-refractivity contribution in [3.63, 3.8) is 0 Å². The number of carbonyl (C=O) groups excluding carboxylic acids is 1. The van der Waals surface area contributed by atoms with E-state index in [4.69, 9.17) is 0 Å². The summed E-state index contributed by atoms with van der Waals surface area (Å²) in [6.07, 6.45) is 3.56. The van der Waals surface area contributed by atoms with Gasteiger partial charge in [-0.15, -0.1) is 0 Å². The highest BCUT2D eigenvalue weighted by atomic mass is 79.9. The molecule has 0 saturated heterocycles. The number of hydrogen-bond donors (Lipinski definition) is 1. The minimum Gasteiger partial charge on any atom is -0.381 e. The lowest BCUT2D eigenvalue weighted by molar-refractivity contribution is 0.0827. The van der Waals surface area contributed by atoms with E-state index in [0.29, 0.717) is 12.1 Å². The molecular weight excluding hydrogens is 318 g/mol.